The lowest BCUT2D eigenvalue weighted by atomic mass is 9.89. The number of hydrogen-bond acceptors (Lipinski definition) is 3. The molecule has 1 aromatic heterocycles. The van der Waals surface area contributed by atoms with Crippen LogP contribution in [0.2, 0.25) is 0 Å². The lowest BCUT2D eigenvalue weighted by molar-refractivity contribution is 0.602. The van der Waals surface area contributed by atoms with Gasteiger partial charge in [-0.1, -0.05) is 35.0 Å². The number of anilines is 1. The molecule has 0 saturated carbocycles. The van der Waals surface area contributed by atoms with Gasteiger partial charge in [-0.15, -0.1) is 0 Å². The molecule has 1 aromatic carbocycles. The number of nitrogens with one attached hydrogen (secondary N) is 1. The van der Waals surface area contributed by atoms with Crippen LogP contribution in [0.1, 0.15) is 18.9 Å². The second kappa shape index (κ2) is 5.85. The third-order valence-corrected chi connectivity index (χ3v) is 3.55. The molecule has 0 aliphatic carbocycles. The van der Waals surface area contributed by atoms with Gasteiger partial charge < -0.3 is 5.32 Å². The molecule has 1 atom stereocenters. The Bertz CT molecular complexity index is 592. The molecule has 3 nitrogen and oxygen atoms in total. The summed E-state index contributed by atoms with van der Waals surface area (Å²) >= 11 is 3.43. The summed E-state index contributed by atoms with van der Waals surface area (Å²) in [4.78, 5) is 4.11. The van der Waals surface area contributed by atoms with Crippen LogP contribution in [0.4, 0.5) is 5.69 Å². The molecule has 0 fully saturated rings. The van der Waals surface area contributed by atoms with Crippen LogP contribution in [0.3, 0.4) is 0 Å². The molecule has 19 heavy (non-hydrogen) atoms. The van der Waals surface area contributed by atoms with E-state index in [0.29, 0.717) is 6.42 Å². The highest BCUT2D eigenvalue weighted by molar-refractivity contribution is 9.10. The van der Waals surface area contributed by atoms with Crippen molar-refractivity contribution in [3.63, 3.8) is 0 Å². The number of aromatic nitrogens is 1. The van der Waals surface area contributed by atoms with E-state index in [9.17, 15) is 5.26 Å². The minimum atomic E-state index is -0.755. The van der Waals surface area contributed by atoms with E-state index in [0.717, 1.165) is 15.7 Å². The molecule has 0 radical (unpaired) electrons. The van der Waals surface area contributed by atoms with Crippen LogP contribution in [0.15, 0.2) is 53.3 Å². The smallest absolute Gasteiger partial charge is 0.152 e. The van der Waals surface area contributed by atoms with E-state index in [-0.39, 0.29) is 0 Å². The molecule has 0 bridgehead atoms. The topological polar surface area (TPSA) is 48.7 Å². The Labute approximate surface area is 121 Å². The number of halogens is 1. The molecular formula is C15H14BrN3. The Kier molecular flexibility index (Phi) is 4.18. The zero-order valence-electron chi connectivity index (χ0n) is 10.6. The zero-order valence-corrected chi connectivity index (χ0v) is 12.2. The molecule has 0 spiro atoms. The SMILES string of the molecule is CCC(C#N)(Nc1cccc(Br)c1)c1cccnc1. The van der Waals surface area contributed by atoms with Gasteiger partial charge in [0.1, 0.15) is 0 Å². The van der Waals surface area contributed by atoms with E-state index in [1.165, 1.54) is 0 Å². The van der Waals surface area contributed by atoms with Crippen LogP contribution in [0.5, 0.6) is 0 Å². The maximum Gasteiger partial charge on any atom is 0.152 e. The monoisotopic (exact) mass is 315 g/mol. The predicted octanol–water partition coefficient (Wildman–Crippen LogP) is 4.09. The summed E-state index contributed by atoms with van der Waals surface area (Å²) in [5.41, 5.74) is 1.02. The highest BCUT2D eigenvalue weighted by Crippen LogP contribution is 2.29. The van der Waals surface area contributed by atoms with E-state index < -0.39 is 5.54 Å². The normalized spacial score (nSPS) is 13.3. The van der Waals surface area contributed by atoms with Crippen LogP contribution < -0.4 is 5.32 Å². The minimum absolute atomic E-state index is 0.654. The Hall–Kier alpha value is -1.86. The summed E-state index contributed by atoms with van der Waals surface area (Å²) in [5, 5.41) is 12.9. The summed E-state index contributed by atoms with van der Waals surface area (Å²) in [6.07, 6.45) is 4.10. The first-order valence-corrected chi connectivity index (χ1v) is 6.85. The average Bonchev–Trinajstić information content (AvgIpc) is 2.46. The highest BCUT2D eigenvalue weighted by Gasteiger charge is 2.30. The molecule has 2 aromatic rings. The van der Waals surface area contributed by atoms with E-state index >= 15 is 0 Å². The summed E-state index contributed by atoms with van der Waals surface area (Å²) in [5.74, 6) is 0. The molecule has 1 N–H and O–H groups in total. The van der Waals surface area contributed by atoms with Gasteiger partial charge in [0.25, 0.3) is 0 Å². The standard InChI is InChI=1S/C15H14BrN3/c1-2-15(11-17,12-5-4-8-18-10-12)19-14-7-3-6-13(16)9-14/h3-10,19H,2H2,1H3. The predicted molar refractivity (Wildman–Crippen MR) is 79.6 cm³/mol. The summed E-state index contributed by atoms with van der Waals surface area (Å²) in [6, 6.07) is 13.9. The lowest BCUT2D eigenvalue weighted by Gasteiger charge is -2.28. The number of benzene rings is 1. The lowest BCUT2D eigenvalue weighted by Crippen LogP contribution is -2.33. The van der Waals surface area contributed by atoms with Crippen LogP contribution in [-0.2, 0) is 5.54 Å². The maximum atomic E-state index is 9.61. The van der Waals surface area contributed by atoms with Crippen LogP contribution >= 0.6 is 15.9 Å². The first-order valence-electron chi connectivity index (χ1n) is 6.06. The van der Waals surface area contributed by atoms with Gasteiger partial charge in [-0.3, -0.25) is 4.98 Å². The molecule has 0 aliphatic heterocycles. The quantitative estimate of drug-likeness (QED) is 0.924. The first-order chi connectivity index (χ1) is 9.20. The molecular weight excluding hydrogens is 302 g/mol. The van der Waals surface area contributed by atoms with Gasteiger partial charge in [0.05, 0.1) is 6.07 Å². The first kappa shape index (κ1) is 13.6. The van der Waals surface area contributed by atoms with Crippen molar-refractivity contribution < 1.29 is 0 Å². The second-order valence-corrected chi connectivity index (χ2v) is 5.16. The van der Waals surface area contributed by atoms with E-state index in [2.05, 4.69) is 32.3 Å². The van der Waals surface area contributed by atoms with E-state index in [1.54, 1.807) is 12.4 Å². The van der Waals surface area contributed by atoms with Crippen LogP contribution in [0.25, 0.3) is 0 Å². The fourth-order valence-corrected chi connectivity index (χ4v) is 2.36. The Morgan fingerprint density at radius 2 is 2.21 bits per heavy atom. The number of rotatable bonds is 4. The Balaban J connectivity index is 2.39. The van der Waals surface area contributed by atoms with Crippen molar-refractivity contribution in [2.75, 3.05) is 5.32 Å². The fraction of sp³-hybridized carbons (Fsp3) is 0.200. The van der Waals surface area contributed by atoms with Gasteiger partial charge in [0.15, 0.2) is 5.54 Å². The second-order valence-electron chi connectivity index (χ2n) is 4.25. The zero-order chi connectivity index (χ0) is 13.7. The van der Waals surface area contributed by atoms with Gasteiger partial charge in [0.2, 0.25) is 0 Å². The van der Waals surface area contributed by atoms with Gasteiger partial charge in [-0.2, -0.15) is 5.26 Å². The summed E-state index contributed by atoms with van der Waals surface area (Å²) in [6.45, 7) is 1.99. The molecule has 1 heterocycles. The average molecular weight is 316 g/mol. The third kappa shape index (κ3) is 2.94. The molecule has 1 unspecified atom stereocenters. The van der Waals surface area contributed by atoms with Gasteiger partial charge in [-0.05, 0) is 30.7 Å². The summed E-state index contributed by atoms with van der Waals surface area (Å²) in [7, 11) is 0. The van der Waals surface area contributed by atoms with Crippen molar-refractivity contribution in [3.05, 3.63) is 58.8 Å². The van der Waals surface area contributed by atoms with Crippen molar-refractivity contribution in [1.29, 1.82) is 5.26 Å². The number of nitriles is 1. The molecule has 4 heteroatoms. The number of hydrogen-bond donors (Lipinski definition) is 1. The van der Waals surface area contributed by atoms with Gasteiger partial charge in [0, 0.05) is 28.1 Å². The van der Waals surface area contributed by atoms with Gasteiger partial charge in [-0.25, -0.2) is 0 Å². The minimum Gasteiger partial charge on any atom is -0.364 e. The third-order valence-electron chi connectivity index (χ3n) is 3.06. The summed E-state index contributed by atoms with van der Waals surface area (Å²) < 4.78 is 0.978. The van der Waals surface area contributed by atoms with Crippen molar-refractivity contribution in [2.45, 2.75) is 18.9 Å². The largest absolute Gasteiger partial charge is 0.364 e. The van der Waals surface area contributed by atoms with Crippen molar-refractivity contribution in [3.8, 4) is 6.07 Å². The Morgan fingerprint density at radius 3 is 2.79 bits per heavy atom. The van der Waals surface area contributed by atoms with Crippen molar-refractivity contribution >= 4 is 21.6 Å². The maximum absolute atomic E-state index is 9.61. The van der Waals surface area contributed by atoms with Crippen LogP contribution in [-0.4, -0.2) is 4.98 Å². The van der Waals surface area contributed by atoms with Crippen molar-refractivity contribution in [1.82, 2.24) is 4.98 Å². The molecule has 2 rings (SSSR count). The van der Waals surface area contributed by atoms with E-state index in [4.69, 9.17) is 0 Å². The molecule has 0 aliphatic rings. The molecule has 0 amide bonds. The molecule has 96 valence electrons. The Morgan fingerprint density at radius 1 is 1.37 bits per heavy atom. The van der Waals surface area contributed by atoms with Crippen molar-refractivity contribution in [2.24, 2.45) is 0 Å². The fourth-order valence-electron chi connectivity index (χ4n) is 1.96. The number of nitrogens with zero attached hydrogens (tertiary/aromatic N) is 2. The highest BCUT2D eigenvalue weighted by atomic mass is 79.9. The van der Waals surface area contributed by atoms with E-state index in [1.807, 2.05) is 43.3 Å². The number of pyridine rings is 1. The molecule has 0 saturated heterocycles. The van der Waals surface area contributed by atoms with Crippen LogP contribution in [0, 0.1) is 11.3 Å². The van der Waals surface area contributed by atoms with Gasteiger partial charge >= 0.3 is 0 Å².